The Kier molecular flexibility index (Phi) is 5.00. The van der Waals surface area contributed by atoms with Crippen LogP contribution in [0.5, 0.6) is 5.75 Å². The standard InChI is InChI=1S/C18H15Cl2NOS/c1-11-8-17(21-18-13(11)4-3-5-16(18)22-2)23-10-12-6-7-14(19)15(20)9-12/h3-9H,10H2,1-2H3. The Balaban J connectivity index is 1.89. The summed E-state index contributed by atoms with van der Waals surface area (Å²) in [5.41, 5.74) is 3.20. The van der Waals surface area contributed by atoms with E-state index in [-0.39, 0.29) is 0 Å². The molecule has 0 aliphatic carbocycles. The van der Waals surface area contributed by atoms with Crippen molar-refractivity contribution in [2.45, 2.75) is 17.7 Å². The minimum Gasteiger partial charge on any atom is -0.494 e. The third kappa shape index (κ3) is 3.57. The maximum absolute atomic E-state index is 6.07. The normalized spacial score (nSPS) is 11.0. The van der Waals surface area contributed by atoms with Gasteiger partial charge in [0.05, 0.1) is 22.2 Å². The smallest absolute Gasteiger partial charge is 0.145 e. The highest BCUT2D eigenvalue weighted by molar-refractivity contribution is 7.98. The van der Waals surface area contributed by atoms with Crippen molar-refractivity contribution in [1.29, 1.82) is 0 Å². The number of para-hydroxylation sites is 1. The van der Waals surface area contributed by atoms with Crippen molar-refractivity contribution in [3.63, 3.8) is 0 Å². The number of halogens is 2. The highest BCUT2D eigenvalue weighted by Crippen LogP contribution is 2.31. The Hall–Kier alpha value is -1.42. The van der Waals surface area contributed by atoms with E-state index in [0.29, 0.717) is 10.0 Å². The zero-order valence-corrected chi connectivity index (χ0v) is 15.1. The summed E-state index contributed by atoms with van der Waals surface area (Å²) in [6.45, 7) is 2.09. The van der Waals surface area contributed by atoms with Gasteiger partial charge in [-0.3, -0.25) is 0 Å². The number of nitrogens with zero attached hydrogens (tertiary/aromatic N) is 1. The number of pyridine rings is 1. The Labute approximate surface area is 149 Å². The Morgan fingerprint density at radius 2 is 1.91 bits per heavy atom. The average molecular weight is 364 g/mol. The molecule has 0 bridgehead atoms. The van der Waals surface area contributed by atoms with Crippen molar-refractivity contribution in [1.82, 2.24) is 4.98 Å². The summed E-state index contributed by atoms with van der Waals surface area (Å²) < 4.78 is 5.43. The first-order valence-electron chi connectivity index (χ1n) is 7.09. The molecule has 0 amide bonds. The van der Waals surface area contributed by atoms with Gasteiger partial charge in [-0.2, -0.15) is 0 Å². The molecular formula is C18H15Cl2NOS. The van der Waals surface area contributed by atoms with E-state index in [0.717, 1.165) is 33.0 Å². The molecule has 23 heavy (non-hydrogen) atoms. The van der Waals surface area contributed by atoms with Gasteiger partial charge >= 0.3 is 0 Å². The molecule has 1 aromatic heterocycles. The molecule has 0 saturated carbocycles. The Bertz CT molecular complexity index is 867. The molecule has 0 fully saturated rings. The lowest BCUT2D eigenvalue weighted by molar-refractivity contribution is 0.418. The number of ether oxygens (including phenoxy) is 1. The summed E-state index contributed by atoms with van der Waals surface area (Å²) in [7, 11) is 1.67. The lowest BCUT2D eigenvalue weighted by Gasteiger charge is -2.09. The number of aryl methyl sites for hydroxylation is 1. The summed E-state index contributed by atoms with van der Waals surface area (Å²) in [5, 5.41) is 3.23. The van der Waals surface area contributed by atoms with Gasteiger partial charge in [0.15, 0.2) is 0 Å². The molecule has 0 radical (unpaired) electrons. The van der Waals surface area contributed by atoms with Crippen LogP contribution in [-0.4, -0.2) is 12.1 Å². The molecular weight excluding hydrogens is 349 g/mol. The minimum atomic E-state index is 0.574. The molecule has 0 spiro atoms. The number of fused-ring (bicyclic) bond motifs is 1. The van der Waals surface area contributed by atoms with Gasteiger partial charge in [0, 0.05) is 11.1 Å². The lowest BCUT2D eigenvalue weighted by atomic mass is 10.1. The monoisotopic (exact) mass is 363 g/mol. The summed E-state index contributed by atoms with van der Waals surface area (Å²) in [6.07, 6.45) is 0. The van der Waals surface area contributed by atoms with Crippen LogP contribution in [0, 0.1) is 6.92 Å². The van der Waals surface area contributed by atoms with Crippen molar-refractivity contribution >= 4 is 45.9 Å². The molecule has 2 aromatic carbocycles. The average Bonchev–Trinajstić information content (AvgIpc) is 2.55. The minimum absolute atomic E-state index is 0.574. The van der Waals surface area contributed by atoms with Gasteiger partial charge in [-0.05, 0) is 42.3 Å². The predicted octanol–water partition coefficient (Wildman–Crippen LogP) is 6.15. The topological polar surface area (TPSA) is 22.1 Å². The first-order valence-corrected chi connectivity index (χ1v) is 8.83. The molecule has 0 aliphatic heterocycles. The van der Waals surface area contributed by atoms with Crippen molar-refractivity contribution in [2.75, 3.05) is 7.11 Å². The van der Waals surface area contributed by atoms with E-state index in [9.17, 15) is 0 Å². The fourth-order valence-electron chi connectivity index (χ4n) is 2.39. The quantitative estimate of drug-likeness (QED) is 0.518. The largest absolute Gasteiger partial charge is 0.494 e. The first-order chi connectivity index (χ1) is 11.1. The molecule has 0 atom stereocenters. The van der Waals surface area contributed by atoms with Crippen LogP contribution in [0.15, 0.2) is 47.5 Å². The molecule has 0 aliphatic rings. The number of methoxy groups -OCH3 is 1. The van der Waals surface area contributed by atoms with Crippen LogP contribution >= 0.6 is 35.0 Å². The molecule has 118 valence electrons. The van der Waals surface area contributed by atoms with Gasteiger partial charge in [-0.15, -0.1) is 11.8 Å². The molecule has 0 saturated heterocycles. The highest BCUT2D eigenvalue weighted by atomic mass is 35.5. The number of aromatic nitrogens is 1. The van der Waals surface area contributed by atoms with E-state index in [1.807, 2.05) is 30.3 Å². The number of hydrogen-bond acceptors (Lipinski definition) is 3. The summed E-state index contributed by atoms with van der Waals surface area (Å²) in [4.78, 5) is 4.74. The second-order valence-electron chi connectivity index (χ2n) is 5.17. The fourth-order valence-corrected chi connectivity index (χ4v) is 3.62. The third-order valence-corrected chi connectivity index (χ3v) is 5.30. The number of thioether (sulfide) groups is 1. The summed E-state index contributed by atoms with van der Waals surface area (Å²) in [6, 6.07) is 13.8. The molecule has 5 heteroatoms. The maximum atomic E-state index is 6.07. The number of benzene rings is 2. The predicted molar refractivity (Wildman–Crippen MR) is 99.1 cm³/mol. The van der Waals surface area contributed by atoms with Gasteiger partial charge < -0.3 is 4.74 Å². The van der Waals surface area contributed by atoms with Crippen molar-refractivity contribution in [3.05, 3.63) is 63.6 Å². The lowest BCUT2D eigenvalue weighted by Crippen LogP contribution is -1.92. The van der Waals surface area contributed by atoms with Gasteiger partial charge in [0.1, 0.15) is 11.3 Å². The van der Waals surface area contributed by atoms with Gasteiger partial charge in [-0.1, -0.05) is 41.4 Å². The van der Waals surface area contributed by atoms with Crippen LogP contribution in [0.4, 0.5) is 0 Å². The highest BCUT2D eigenvalue weighted by Gasteiger charge is 2.08. The second-order valence-corrected chi connectivity index (χ2v) is 6.98. The van der Waals surface area contributed by atoms with Crippen LogP contribution in [-0.2, 0) is 5.75 Å². The summed E-state index contributed by atoms with van der Waals surface area (Å²) in [5.74, 6) is 1.58. The molecule has 2 nitrogen and oxygen atoms in total. The molecule has 0 unspecified atom stereocenters. The van der Waals surface area contributed by atoms with E-state index in [2.05, 4.69) is 19.1 Å². The van der Waals surface area contributed by atoms with E-state index in [1.54, 1.807) is 18.9 Å². The van der Waals surface area contributed by atoms with Crippen LogP contribution < -0.4 is 4.74 Å². The summed E-state index contributed by atoms with van der Waals surface area (Å²) >= 11 is 13.7. The Morgan fingerprint density at radius 3 is 2.65 bits per heavy atom. The van der Waals surface area contributed by atoms with E-state index in [4.69, 9.17) is 32.9 Å². The zero-order valence-electron chi connectivity index (χ0n) is 12.8. The van der Waals surface area contributed by atoms with Crippen molar-refractivity contribution < 1.29 is 4.74 Å². The SMILES string of the molecule is COc1cccc2c(C)cc(SCc3ccc(Cl)c(Cl)c3)nc12. The van der Waals surface area contributed by atoms with E-state index >= 15 is 0 Å². The van der Waals surface area contributed by atoms with Crippen LogP contribution in [0.2, 0.25) is 10.0 Å². The number of hydrogen-bond donors (Lipinski definition) is 0. The molecule has 3 rings (SSSR count). The van der Waals surface area contributed by atoms with Crippen LogP contribution in [0.25, 0.3) is 10.9 Å². The van der Waals surface area contributed by atoms with Gasteiger partial charge in [0.2, 0.25) is 0 Å². The Morgan fingerprint density at radius 1 is 1.09 bits per heavy atom. The van der Waals surface area contributed by atoms with E-state index < -0.39 is 0 Å². The molecule has 1 heterocycles. The van der Waals surface area contributed by atoms with Crippen LogP contribution in [0.1, 0.15) is 11.1 Å². The zero-order chi connectivity index (χ0) is 16.4. The maximum Gasteiger partial charge on any atom is 0.145 e. The van der Waals surface area contributed by atoms with Crippen molar-refractivity contribution in [2.24, 2.45) is 0 Å². The second kappa shape index (κ2) is 7.00. The molecule has 3 aromatic rings. The third-order valence-electron chi connectivity index (χ3n) is 3.58. The van der Waals surface area contributed by atoms with Crippen LogP contribution in [0.3, 0.4) is 0 Å². The van der Waals surface area contributed by atoms with Gasteiger partial charge in [-0.25, -0.2) is 4.98 Å². The van der Waals surface area contributed by atoms with E-state index in [1.165, 1.54) is 5.56 Å². The van der Waals surface area contributed by atoms with Crippen molar-refractivity contribution in [3.8, 4) is 5.75 Å². The first kappa shape index (κ1) is 16.4. The molecule has 0 N–H and O–H groups in total. The van der Waals surface area contributed by atoms with Gasteiger partial charge in [0.25, 0.3) is 0 Å². The fraction of sp³-hybridized carbons (Fsp3) is 0.167. The number of rotatable bonds is 4.